The average molecular weight is 405 g/mol. The van der Waals surface area contributed by atoms with Crippen LogP contribution in [0.2, 0.25) is 0 Å². The van der Waals surface area contributed by atoms with Gasteiger partial charge in [-0.25, -0.2) is 8.42 Å². The average Bonchev–Trinajstić information content (AvgIpc) is 3.39. The largest absolute Gasteiger partial charge is 0.351 e. The number of nitrogens with zero attached hydrogens (tertiary/aromatic N) is 3. The predicted octanol–water partition coefficient (Wildman–Crippen LogP) is 4.14. The second kappa shape index (κ2) is 6.49. The van der Waals surface area contributed by atoms with Crippen molar-refractivity contribution in [2.75, 3.05) is 11.4 Å². The first-order chi connectivity index (χ1) is 12.5. The summed E-state index contributed by atoms with van der Waals surface area (Å²) < 4.78 is 27.4. The third kappa shape index (κ3) is 2.81. The zero-order valence-electron chi connectivity index (χ0n) is 14.1. The van der Waals surface area contributed by atoms with E-state index in [2.05, 4.69) is 15.2 Å². The summed E-state index contributed by atoms with van der Waals surface area (Å²) in [6.45, 7) is 2.04. The van der Waals surface area contributed by atoms with Gasteiger partial charge in [-0.2, -0.15) is 0 Å². The van der Waals surface area contributed by atoms with Crippen molar-refractivity contribution in [3.63, 3.8) is 0 Å². The first-order valence-electron chi connectivity index (χ1n) is 7.97. The first-order valence-corrected chi connectivity index (χ1v) is 11.1. The monoisotopic (exact) mass is 404 g/mol. The zero-order chi connectivity index (χ0) is 18.3. The number of hydrogen-bond acceptors (Lipinski definition) is 6. The number of fused-ring (bicyclic) bond motifs is 1. The van der Waals surface area contributed by atoms with E-state index in [4.69, 9.17) is 0 Å². The Bertz CT molecular complexity index is 1160. The van der Waals surface area contributed by atoms with Gasteiger partial charge in [-0.1, -0.05) is 36.5 Å². The lowest BCUT2D eigenvalue weighted by atomic mass is 10.2. The van der Waals surface area contributed by atoms with Crippen LogP contribution >= 0.6 is 22.7 Å². The van der Waals surface area contributed by atoms with E-state index in [1.807, 2.05) is 25.1 Å². The molecular formula is C17H16N4O2S3. The molecule has 0 amide bonds. The Morgan fingerprint density at radius 3 is 2.73 bits per heavy atom. The topological polar surface area (TPSA) is 79.0 Å². The molecule has 6 nitrogen and oxygen atoms in total. The fraction of sp³-hybridized carbons (Fsp3) is 0.176. The highest BCUT2D eigenvalue weighted by atomic mass is 32.2. The molecule has 0 saturated heterocycles. The van der Waals surface area contributed by atoms with E-state index in [0.29, 0.717) is 9.90 Å². The SMILES string of the molecule is CCc1nnc(-c2cc3cccc(N(C)S(=O)(=O)c4cccs4)c3[nH]2)s1. The molecule has 4 rings (SSSR count). The quantitative estimate of drug-likeness (QED) is 0.542. The molecule has 0 atom stereocenters. The van der Waals surface area contributed by atoms with Crippen molar-refractivity contribution in [2.45, 2.75) is 17.6 Å². The Balaban J connectivity index is 1.81. The van der Waals surface area contributed by atoms with E-state index in [1.165, 1.54) is 27.0 Å². The van der Waals surface area contributed by atoms with Crippen LogP contribution in [0.5, 0.6) is 0 Å². The van der Waals surface area contributed by atoms with Gasteiger partial charge in [0.2, 0.25) is 0 Å². The molecule has 3 heterocycles. The molecule has 0 aliphatic carbocycles. The van der Waals surface area contributed by atoms with Gasteiger partial charge >= 0.3 is 0 Å². The number of H-pyrrole nitrogens is 1. The van der Waals surface area contributed by atoms with Crippen LogP contribution < -0.4 is 4.31 Å². The molecule has 9 heteroatoms. The molecule has 0 spiro atoms. The van der Waals surface area contributed by atoms with Crippen molar-refractivity contribution in [1.82, 2.24) is 15.2 Å². The summed E-state index contributed by atoms with van der Waals surface area (Å²) in [5.74, 6) is 0. The van der Waals surface area contributed by atoms with Gasteiger partial charge in [0.25, 0.3) is 10.0 Å². The fourth-order valence-electron chi connectivity index (χ4n) is 2.70. The van der Waals surface area contributed by atoms with Crippen LogP contribution in [0.3, 0.4) is 0 Å². The van der Waals surface area contributed by atoms with E-state index in [-0.39, 0.29) is 0 Å². The number of nitrogens with one attached hydrogen (secondary N) is 1. The summed E-state index contributed by atoms with van der Waals surface area (Å²) >= 11 is 2.74. The van der Waals surface area contributed by atoms with Gasteiger partial charge in [0.05, 0.1) is 16.9 Å². The third-order valence-corrected chi connectivity index (χ3v) is 8.33. The Morgan fingerprint density at radius 2 is 2.04 bits per heavy atom. The summed E-state index contributed by atoms with van der Waals surface area (Å²) in [6, 6.07) is 10.9. The van der Waals surface area contributed by atoms with E-state index in [9.17, 15) is 8.42 Å². The van der Waals surface area contributed by atoms with E-state index >= 15 is 0 Å². The minimum absolute atomic E-state index is 0.320. The van der Waals surface area contributed by atoms with Crippen molar-refractivity contribution in [3.8, 4) is 10.7 Å². The molecule has 0 aliphatic heterocycles. The lowest BCUT2D eigenvalue weighted by molar-refractivity contribution is 0.596. The van der Waals surface area contributed by atoms with Gasteiger partial charge < -0.3 is 4.98 Å². The van der Waals surface area contributed by atoms with Gasteiger partial charge in [0.15, 0.2) is 5.01 Å². The molecule has 0 saturated carbocycles. The van der Waals surface area contributed by atoms with Crippen LogP contribution in [0, 0.1) is 0 Å². The Morgan fingerprint density at radius 1 is 1.19 bits per heavy atom. The van der Waals surface area contributed by atoms with Crippen molar-refractivity contribution >= 4 is 49.3 Å². The number of sulfonamides is 1. The number of rotatable bonds is 5. The predicted molar refractivity (Wildman–Crippen MR) is 106 cm³/mol. The lowest BCUT2D eigenvalue weighted by Gasteiger charge is -2.19. The number of aryl methyl sites for hydroxylation is 1. The molecule has 0 bridgehead atoms. The Kier molecular flexibility index (Phi) is 4.29. The number of thiophene rings is 1. The van der Waals surface area contributed by atoms with Gasteiger partial charge in [-0.15, -0.1) is 21.5 Å². The van der Waals surface area contributed by atoms with Crippen LogP contribution in [-0.4, -0.2) is 30.6 Å². The van der Waals surface area contributed by atoms with Crippen LogP contribution in [0.15, 0.2) is 46.0 Å². The van der Waals surface area contributed by atoms with Crippen molar-refractivity contribution in [3.05, 3.63) is 46.8 Å². The smallest absolute Gasteiger partial charge is 0.273 e. The van der Waals surface area contributed by atoms with Gasteiger partial charge in [-0.05, 0) is 30.0 Å². The van der Waals surface area contributed by atoms with Crippen molar-refractivity contribution < 1.29 is 8.42 Å². The number of aromatic amines is 1. The normalized spacial score (nSPS) is 11.9. The molecule has 0 fully saturated rings. The van der Waals surface area contributed by atoms with Gasteiger partial charge in [0, 0.05) is 12.4 Å². The molecule has 3 aromatic heterocycles. The summed E-state index contributed by atoms with van der Waals surface area (Å²) in [5.41, 5.74) is 2.20. The highest BCUT2D eigenvalue weighted by Gasteiger charge is 2.24. The zero-order valence-corrected chi connectivity index (χ0v) is 16.6. The van der Waals surface area contributed by atoms with E-state index < -0.39 is 10.0 Å². The lowest BCUT2D eigenvalue weighted by Crippen LogP contribution is -2.26. The number of anilines is 1. The molecule has 134 valence electrons. The van der Waals surface area contributed by atoms with E-state index in [0.717, 1.165) is 33.0 Å². The summed E-state index contributed by atoms with van der Waals surface area (Å²) in [7, 11) is -2.02. The molecule has 0 radical (unpaired) electrons. The molecule has 0 unspecified atom stereocenters. The second-order valence-electron chi connectivity index (χ2n) is 5.68. The molecule has 0 aliphatic rings. The number of benzene rings is 1. The van der Waals surface area contributed by atoms with Crippen LogP contribution in [0.4, 0.5) is 5.69 Å². The molecule has 1 N–H and O–H groups in total. The minimum atomic E-state index is -3.59. The second-order valence-corrected chi connectivity index (χ2v) is 9.89. The van der Waals surface area contributed by atoms with Crippen LogP contribution in [0.25, 0.3) is 21.6 Å². The Labute approximate surface area is 159 Å². The number of para-hydroxylation sites is 1. The van der Waals surface area contributed by atoms with Crippen LogP contribution in [-0.2, 0) is 16.4 Å². The number of hydrogen-bond donors (Lipinski definition) is 1. The van der Waals surface area contributed by atoms with Gasteiger partial charge in [-0.3, -0.25) is 4.31 Å². The summed E-state index contributed by atoms with van der Waals surface area (Å²) in [6.07, 6.45) is 0.838. The van der Waals surface area contributed by atoms with Crippen LogP contribution in [0.1, 0.15) is 11.9 Å². The maximum Gasteiger partial charge on any atom is 0.273 e. The number of aromatic nitrogens is 3. The van der Waals surface area contributed by atoms with Crippen molar-refractivity contribution in [2.24, 2.45) is 0 Å². The molecule has 4 aromatic rings. The third-order valence-electron chi connectivity index (χ3n) is 4.08. The fourth-order valence-corrected chi connectivity index (χ4v) is 5.82. The first kappa shape index (κ1) is 17.2. The molecule has 1 aromatic carbocycles. The molecule has 26 heavy (non-hydrogen) atoms. The maximum absolute atomic E-state index is 12.9. The Hall–Kier alpha value is -2.23. The highest BCUT2D eigenvalue weighted by Crippen LogP contribution is 2.34. The van der Waals surface area contributed by atoms with Gasteiger partial charge in [0.1, 0.15) is 9.22 Å². The maximum atomic E-state index is 12.9. The highest BCUT2D eigenvalue weighted by molar-refractivity contribution is 7.94. The minimum Gasteiger partial charge on any atom is -0.351 e. The summed E-state index contributed by atoms with van der Waals surface area (Å²) in [4.78, 5) is 3.32. The van der Waals surface area contributed by atoms with Crippen molar-refractivity contribution in [1.29, 1.82) is 0 Å². The summed E-state index contributed by atoms with van der Waals surface area (Å²) in [5, 5.41) is 12.8. The van der Waals surface area contributed by atoms with E-state index in [1.54, 1.807) is 30.6 Å². The molecular weight excluding hydrogens is 388 g/mol. The standard InChI is InChI=1S/C17H16N4O2S3/c1-3-14-19-20-17(25-14)12-10-11-6-4-7-13(16(11)18-12)21(2)26(22,23)15-8-5-9-24-15/h4-10,18H,3H2,1-2H3.